The third-order valence-electron chi connectivity index (χ3n) is 3.75. The van der Waals surface area contributed by atoms with Crippen molar-refractivity contribution in [3.05, 3.63) is 0 Å². The minimum absolute atomic E-state index is 0.0825. The number of rotatable bonds is 4. The van der Waals surface area contributed by atoms with Crippen LogP contribution in [0.4, 0.5) is 0 Å². The summed E-state index contributed by atoms with van der Waals surface area (Å²) in [6.07, 6.45) is 7.53. The Bertz CT molecular complexity index is 169. The molecule has 0 aromatic rings. The number of nitrogens with one attached hydrogen (secondary N) is 2. The van der Waals surface area contributed by atoms with Gasteiger partial charge in [-0.25, -0.2) is 0 Å². The van der Waals surface area contributed by atoms with Crippen LogP contribution in [0.15, 0.2) is 0 Å². The number of hydrogen-bond acceptors (Lipinski definition) is 3. The summed E-state index contributed by atoms with van der Waals surface area (Å²) in [5, 5.41) is 16.3. The molecule has 82 valence electrons. The highest BCUT2D eigenvalue weighted by Gasteiger charge is 2.36. The molecule has 1 aliphatic carbocycles. The van der Waals surface area contributed by atoms with Gasteiger partial charge in [-0.2, -0.15) is 0 Å². The molecule has 2 rings (SSSR count). The Hall–Kier alpha value is -0.120. The molecule has 3 nitrogen and oxygen atoms in total. The fraction of sp³-hybridized carbons (Fsp3) is 1.00. The van der Waals surface area contributed by atoms with Crippen molar-refractivity contribution < 1.29 is 5.11 Å². The van der Waals surface area contributed by atoms with Crippen LogP contribution in [0.3, 0.4) is 0 Å². The van der Waals surface area contributed by atoms with E-state index < -0.39 is 0 Å². The van der Waals surface area contributed by atoms with Gasteiger partial charge in [0.05, 0.1) is 6.61 Å². The molecule has 3 N–H and O–H groups in total. The zero-order chi connectivity index (χ0) is 9.86. The minimum Gasteiger partial charge on any atom is -0.394 e. The van der Waals surface area contributed by atoms with E-state index >= 15 is 0 Å². The third kappa shape index (κ3) is 2.27. The van der Waals surface area contributed by atoms with Crippen molar-refractivity contribution in [3.63, 3.8) is 0 Å². The van der Waals surface area contributed by atoms with Crippen molar-refractivity contribution in [3.8, 4) is 0 Å². The van der Waals surface area contributed by atoms with E-state index in [2.05, 4.69) is 10.6 Å². The Morgan fingerprint density at radius 3 is 2.64 bits per heavy atom. The molecule has 0 spiro atoms. The van der Waals surface area contributed by atoms with Gasteiger partial charge in [0, 0.05) is 18.1 Å². The first-order chi connectivity index (χ1) is 6.85. The average molecular weight is 198 g/mol. The molecule has 2 fully saturated rings. The molecule has 0 aromatic carbocycles. The van der Waals surface area contributed by atoms with Crippen molar-refractivity contribution in [1.82, 2.24) is 10.6 Å². The van der Waals surface area contributed by atoms with Gasteiger partial charge in [0.1, 0.15) is 0 Å². The van der Waals surface area contributed by atoms with E-state index in [0.29, 0.717) is 12.6 Å². The molecule has 2 aliphatic rings. The van der Waals surface area contributed by atoms with Crippen LogP contribution >= 0.6 is 0 Å². The number of piperidine rings is 1. The first-order valence-corrected chi connectivity index (χ1v) is 5.94. The van der Waals surface area contributed by atoms with Crippen LogP contribution in [-0.2, 0) is 0 Å². The lowest BCUT2D eigenvalue weighted by Crippen LogP contribution is -2.57. The molecule has 0 amide bonds. The second kappa shape index (κ2) is 4.60. The molecule has 1 saturated carbocycles. The lowest BCUT2D eigenvalue weighted by atomic mass is 9.77. The second-order valence-corrected chi connectivity index (χ2v) is 4.82. The third-order valence-corrected chi connectivity index (χ3v) is 3.75. The minimum atomic E-state index is 0.0825. The molecule has 1 atom stereocenters. The summed E-state index contributed by atoms with van der Waals surface area (Å²) < 4.78 is 0. The lowest BCUT2D eigenvalue weighted by molar-refractivity contribution is 0.0851. The van der Waals surface area contributed by atoms with Gasteiger partial charge in [-0.05, 0) is 38.6 Å². The molecule has 3 heteroatoms. The highest BCUT2D eigenvalue weighted by atomic mass is 16.3. The van der Waals surface area contributed by atoms with Crippen molar-refractivity contribution in [1.29, 1.82) is 0 Å². The smallest absolute Gasteiger partial charge is 0.0613 e. The monoisotopic (exact) mass is 198 g/mol. The summed E-state index contributed by atoms with van der Waals surface area (Å²) in [6.45, 7) is 2.50. The van der Waals surface area contributed by atoms with E-state index in [-0.39, 0.29) is 5.54 Å². The lowest BCUT2D eigenvalue weighted by Gasteiger charge is -2.42. The fourth-order valence-corrected chi connectivity index (χ4v) is 2.43. The van der Waals surface area contributed by atoms with E-state index in [0.717, 1.165) is 19.4 Å². The number of aliphatic hydroxyl groups excluding tert-OH is 1. The maximum absolute atomic E-state index is 9.28. The summed E-state index contributed by atoms with van der Waals surface area (Å²) in [5.74, 6) is 0. The van der Waals surface area contributed by atoms with Crippen LogP contribution < -0.4 is 10.6 Å². The normalized spacial score (nSPS) is 31.1. The van der Waals surface area contributed by atoms with Crippen LogP contribution in [0.2, 0.25) is 0 Å². The second-order valence-electron chi connectivity index (χ2n) is 4.82. The first-order valence-electron chi connectivity index (χ1n) is 5.94. The van der Waals surface area contributed by atoms with E-state index in [1.54, 1.807) is 0 Å². The van der Waals surface area contributed by atoms with E-state index in [1.165, 1.54) is 32.2 Å². The summed E-state index contributed by atoms with van der Waals surface area (Å²) in [5.41, 5.74) is 0.0825. The van der Waals surface area contributed by atoms with Crippen LogP contribution in [0.1, 0.15) is 38.5 Å². The quantitative estimate of drug-likeness (QED) is 0.621. The average Bonchev–Trinajstić information content (AvgIpc) is 2.19. The maximum atomic E-state index is 9.28. The van der Waals surface area contributed by atoms with Gasteiger partial charge in [0.2, 0.25) is 0 Å². The van der Waals surface area contributed by atoms with Gasteiger partial charge >= 0.3 is 0 Å². The van der Waals surface area contributed by atoms with Gasteiger partial charge in [-0.3, -0.25) is 0 Å². The highest BCUT2D eigenvalue weighted by molar-refractivity contribution is 4.96. The van der Waals surface area contributed by atoms with Crippen LogP contribution in [0, 0.1) is 0 Å². The number of hydrogen-bond donors (Lipinski definition) is 3. The molecule has 0 bridgehead atoms. The molecule has 1 heterocycles. The Morgan fingerprint density at radius 1 is 1.29 bits per heavy atom. The highest BCUT2D eigenvalue weighted by Crippen LogP contribution is 2.31. The summed E-state index contributed by atoms with van der Waals surface area (Å²) in [6, 6.07) is 0.632. The van der Waals surface area contributed by atoms with E-state index in [9.17, 15) is 5.11 Å². The van der Waals surface area contributed by atoms with Gasteiger partial charge in [-0.15, -0.1) is 0 Å². The largest absolute Gasteiger partial charge is 0.394 e. The van der Waals surface area contributed by atoms with Gasteiger partial charge < -0.3 is 15.7 Å². The SMILES string of the molecule is OCC1(NCC2CCCCN2)CCC1. The van der Waals surface area contributed by atoms with Crippen molar-refractivity contribution in [2.24, 2.45) is 0 Å². The van der Waals surface area contributed by atoms with Crippen LogP contribution in [0.25, 0.3) is 0 Å². The van der Waals surface area contributed by atoms with Crippen LogP contribution in [0.5, 0.6) is 0 Å². The summed E-state index contributed by atoms with van der Waals surface area (Å²) in [4.78, 5) is 0. The molecule has 1 unspecified atom stereocenters. The summed E-state index contributed by atoms with van der Waals surface area (Å²) in [7, 11) is 0. The standard InChI is InChI=1S/C11H22N2O/c14-9-11(5-3-6-11)13-8-10-4-1-2-7-12-10/h10,12-14H,1-9H2. The molecule has 1 aliphatic heterocycles. The maximum Gasteiger partial charge on any atom is 0.0613 e. The van der Waals surface area contributed by atoms with Crippen molar-refractivity contribution in [2.75, 3.05) is 19.7 Å². The molecule has 0 radical (unpaired) electrons. The topological polar surface area (TPSA) is 44.3 Å². The summed E-state index contributed by atoms with van der Waals surface area (Å²) >= 11 is 0. The van der Waals surface area contributed by atoms with E-state index in [4.69, 9.17) is 0 Å². The number of aliphatic hydroxyl groups is 1. The Labute approximate surface area is 86.3 Å². The predicted molar refractivity (Wildman–Crippen MR) is 57.3 cm³/mol. The fourth-order valence-electron chi connectivity index (χ4n) is 2.43. The van der Waals surface area contributed by atoms with E-state index in [1.807, 2.05) is 0 Å². The Kier molecular flexibility index (Phi) is 3.42. The predicted octanol–water partition coefficient (Wildman–Crippen LogP) is 0.633. The van der Waals surface area contributed by atoms with Gasteiger partial charge in [0.15, 0.2) is 0 Å². The van der Waals surface area contributed by atoms with Gasteiger partial charge in [0.25, 0.3) is 0 Å². The molecular weight excluding hydrogens is 176 g/mol. The zero-order valence-electron chi connectivity index (χ0n) is 8.89. The Morgan fingerprint density at radius 2 is 2.14 bits per heavy atom. The van der Waals surface area contributed by atoms with Crippen molar-refractivity contribution in [2.45, 2.75) is 50.1 Å². The van der Waals surface area contributed by atoms with Gasteiger partial charge in [-0.1, -0.05) is 6.42 Å². The molecule has 1 saturated heterocycles. The first kappa shape index (κ1) is 10.4. The Balaban J connectivity index is 1.69. The zero-order valence-corrected chi connectivity index (χ0v) is 8.89. The van der Waals surface area contributed by atoms with Crippen LogP contribution in [-0.4, -0.2) is 36.4 Å². The molecule has 14 heavy (non-hydrogen) atoms. The van der Waals surface area contributed by atoms with Crippen molar-refractivity contribution >= 4 is 0 Å². The molecular formula is C11H22N2O. The molecule has 0 aromatic heterocycles.